The Bertz CT molecular complexity index is 191. The van der Waals surface area contributed by atoms with Gasteiger partial charge in [-0.1, -0.05) is 0 Å². The van der Waals surface area contributed by atoms with Crippen molar-refractivity contribution in [1.82, 2.24) is 10.3 Å². The van der Waals surface area contributed by atoms with Crippen LogP contribution in [0.1, 0.15) is 5.89 Å². The molecule has 54 valence electrons. The highest BCUT2D eigenvalue weighted by Gasteiger charge is 2.18. The summed E-state index contributed by atoms with van der Waals surface area (Å²) >= 11 is 0. The van der Waals surface area contributed by atoms with Crippen molar-refractivity contribution in [2.24, 2.45) is 5.92 Å². The summed E-state index contributed by atoms with van der Waals surface area (Å²) in [5.74, 6) is 1.62. The molecule has 1 aliphatic rings. The fourth-order valence-electron chi connectivity index (χ4n) is 1.09. The second kappa shape index (κ2) is 2.42. The van der Waals surface area contributed by atoms with E-state index in [1.54, 1.807) is 12.5 Å². The fraction of sp³-hybridized carbons (Fsp3) is 0.571. The third kappa shape index (κ3) is 1.04. The van der Waals surface area contributed by atoms with Gasteiger partial charge in [-0.2, -0.15) is 0 Å². The molecule has 1 aliphatic heterocycles. The van der Waals surface area contributed by atoms with Crippen LogP contribution in [0.5, 0.6) is 0 Å². The molecule has 2 heterocycles. The maximum Gasteiger partial charge on any atom is 0.194 e. The molecule has 1 aromatic heterocycles. The number of aromatic nitrogens is 1. The number of nitrogens with zero attached hydrogens (tertiary/aromatic N) is 1. The second-order valence-corrected chi connectivity index (χ2v) is 2.65. The standard InChI is InChI=1S/C7H10N2O/c1-2-10-7(9-1)3-6-4-8-5-6/h1-2,6,8H,3-5H2. The van der Waals surface area contributed by atoms with E-state index in [1.165, 1.54) is 0 Å². The van der Waals surface area contributed by atoms with Crippen LogP contribution in [0, 0.1) is 5.92 Å². The molecule has 1 fully saturated rings. The summed E-state index contributed by atoms with van der Waals surface area (Å²) in [6.07, 6.45) is 4.31. The van der Waals surface area contributed by atoms with Crippen LogP contribution >= 0.6 is 0 Å². The van der Waals surface area contributed by atoms with Crippen molar-refractivity contribution in [1.29, 1.82) is 0 Å². The lowest BCUT2D eigenvalue weighted by Gasteiger charge is -2.25. The first-order valence-electron chi connectivity index (χ1n) is 3.54. The van der Waals surface area contributed by atoms with Crippen molar-refractivity contribution >= 4 is 0 Å². The summed E-state index contributed by atoms with van der Waals surface area (Å²) in [6.45, 7) is 2.23. The van der Waals surface area contributed by atoms with Gasteiger partial charge in [0.2, 0.25) is 0 Å². The van der Waals surface area contributed by atoms with Crippen LogP contribution in [0.15, 0.2) is 16.9 Å². The van der Waals surface area contributed by atoms with Gasteiger partial charge >= 0.3 is 0 Å². The molecule has 0 aromatic carbocycles. The fourth-order valence-corrected chi connectivity index (χ4v) is 1.09. The summed E-state index contributed by atoms with van der Waals surface area (Å²) < 4.78 is 5.10. The van der Waals surface area contributed by atoms with Crippen LogP contribution in [0.3, 0.4) is 0 Å². The highest BCUT2D eigenvalue weighted by Crippen LogP contribution is 2.09. The number of hydrogen-bond acceptors (Lipinski definition) is 3. The Morgan fingerprint density at radius 2 is 2.60 bits per heavy atom. The van der Waals surface area contributed by atoms with Gasteiger partial charge in [-0.15, -0.1) is 0 Å². The second-order valence-electron chi connectivity index (χ2n) is 2.65. The van der Waals surface area contributed by atoms with Crippen molar-refractivity contribution in [3.05, 3.63) is 18.4 Å². The van der Waals surface area contributed by atoms with E-state index in [1.807, 2.05) is 0 Å². The van der Waals surface area contributed by atoms with Gasteiger partial charge in [-0.3, -0.25) is 0 Å². The number of oxazole rings is 1. The minimum Gasteiger partial charge on any atom is -0.449 e. The Kier molecular flexibility index (Phi) is 1.43. The molecule has 0 saturated carbocycles. The van der Waals surface area contributed by atoms with Crippen molar-refractivity contribution in [3.8, 4) is 0 Å². The van der Waals surface area contributed by atoms with Crippen molar-refractivity contribution < 1.29 is 4.42 Å². The predicted octanol–water partition coefficient (Wildman–Crippen LogP) is 0.436. The molecule has 10 heavy (non-hydrogen) atoms. The largest absolute Gasteiger partial charge is 0.449 e. The molecule has 0 spiro atoms. The van der Waals surface area contributed by atoms with E-state index in [0.29, 0.717) is 0 Å². The molecule has 0 amide bonds. The molecule has 3 heteroatoms. The average Bonchev–Trinajstić information content (AvgIpc) is 2.29. The van der Waals surface area contributed by atoms with E-state index in [2.05, 4.69) is 10.3 Å². The van der Waals surface area contributed by atoms with E-state index < -0.39 is 0 Å². The van der Waals surface area contributed by atoms with Crippen molar-refractivity contribution in [2.45, 2.75) is 6.42 Å². The minimum atomic E-state index is 0.749. The summed E-state index contributed by atoms with van der Waals surface area (Å²) in [7, 11) is 0. The molecule has 0 unspecified atom stereocenters. The third-order valence-electron chi connectivity index (χ3n) is 1.81. The van der Waals surface area contributed by atoms with Gasteiger partial charge in [0, 0.05) is 6.42 Å². The lowest BCUT2D eigenvalue weighted by atomic mass is 10.00. The van der Waals surface area contributed by atoms with Gasteiger partial charge < -0.3 is 9.73 Å². The quantitative estimate of drug-likeness (QED) is 0.644. The first kappa shape index (κ1) is 5.92. The highest BCUT2D eigenvalue weighted by atomic mass is 16.3. The molecule has 0 atom stereocenters. The van der Waals surface area contributed by atoms with E-state index in [4.69, 9.17) is 4.42 Å². The van der Waals surface area contributed by atoms with Gasteiger partial charge in [-0.25, -0.2) is 4.98 Å². The van der Waals surface area contributed by atoms with Gasteiger partial charge in [0.1, 0.15) is 6.26 Å². The lowest BCUT2D eigenvalue weighted by Crippen LogP contribution is -2.43. The average molecular weight is 138 g/mol. The zero-order valence-corrected chi connectivity index (χ0v) is 5.71. The van der Waals surface area contributed by atoms with E-state index >= 15 is 0 Å². The summed E-state index contributed by atoms with van der Waals surface area (Å²) in [6, 6.07) is 0. The van der Waals surface area contributed by atoms with E-state index in [9.17, 15) is 0 Å². The number of hydrogen-bond donors (Lipinski definition) is 1. The van der Waals surface area contributed by atoms with Gasteiger partial charge in [0.05, 0.1) is 6.20 Å². The van der Waals surface area contributed by atoms with E-state index in [-0.39, 0.29) is 0 Å². The predicted molar refractivity (Wildman–Crippen MR) is 36.6 cm³/mol. The summed E-state index contributed by atoms with van der Waals surface area (Å²) in [5, 5.41) is 3.20. The molecule has 1 saturated heterocycles. The Morgan fingerprint density at radius 1 is 1.70 bits per heavy atom. The van der Waals surface area contributed by atoms with Crippen LogP contribution in [0.2, 0.25) is 0 Å². The molecule has 1 aromatic rings. The van der Waals surface area contributed by atoms with Gasteiger partial charge in [0.15, 0.2) is 5.89 Å². The van der Waals surface area contributed by atoms with Crippen LogP contribution < -0.4 is 5.32 Å². The molecule has 1 N–H and O–H groups in total. The van der Waals surface area contributed by atoms with Crippen LogP contribution in [-0.4, -0.2) is 18.1 Å². The third-order valence-corrected chi connectivity index (χ3v) is 1.81. The monoisotopic (exact) mass is 138 g/mol. The topological polar surface area (TPSA) is 38.1 Å². The maximum atomic E-state index is 5.10. The van der Waals surface area contributed by atoms with Gasteiger partial charge in [0.25, 0.3) is 0 Å². The van der Waals surface area contributed by atoms with E-state index in [0.717, 1.165) is 31.3 Å². The van der Waals surface area contributed by atoms with Crippen LogP contribution in [0.25, 0.3) is 0 Å². The molecule has 0 aliphatic carbocycles. The molecule has 0 radical (unpaired) electrons. The first-order chi connectivity index (χ1) is 4.95. The molecular formula is C7H10N2O. The first-order valence-corrected chi connectivity index (χ1v) is 3.54. The molecule has 3 nitrogen and oxygen atoms in total. The minimum absolute atomic E-state index is 0.749. The molecular weight excluding hydrogens is 128 g/mol. The summed E-state index contributed by atoms with van der Waals surface area (Å²) in [4.78, 5) is 4.04. The Balaban J connectivity index is 1.90. The number of nitrogens with one attached hydrogen (secondary N) is 1. The van der Waals surface area contributed by atoms with Crippen molar-refractivity contribution in [2.75, 3.05) is 13.1 Å². The maximum absolute atomic E-state index is 5.10. The van der Waals surface area contributed by atoms with Crippen LogP contribution in [-0.2, 0) is 6.42 Å². The number of rotatable bonds is 2. The normalized spacial score (nSPS) is 18.8. The zero-order chi connectivity index (χ0) is 6.81. The molecule has 2 rings (SSSR count). The SMILES string of the molecule is c1coc(CC2CNC2)n1. The van der Waals surface area contributed by atoms with Gasteiger partial charge in [-0.05, 0) is 19.0 Å². The Morgan fingerprint density at radius 3 is 3.10 bits per heavy atom. The Labute approximate surface area is 59.4 Å². The van der Waals surface area contributed by atoms with Crippen LogP contribution in [0.4, 0.5) is 0 Å². The zero-order valence-electron chi connectivity index (χ0n) is 5.71. The summed E-state index contributed by atoms with van der Waals surface area (Å²) in [5.41, 5.74) is 0. The van der Waals surface area contributed by atoms with Crippen molar-refractivity contribution in [3.63, 3.8) is 0 Å². The smallest absolute Gasteiger partial charge is 0.194 e. The lowest BCUT2D eigenvalue weighted by molar-refractivity contribution is 0.318. The molecule has 0 bridgehead atoms. The Hall–Kier alpha value is -0.830. The highest BCUT2D eigenvalue weighted by molar-refractivity contribution is 4.87.